The topological polar surface area (TPSA) is 48.7 Å². The minimum atomic E-state index is -0.292. The van der Waals surface area contributed by atoms with E-state index in [9.17, 15) is 4.79 Å². The summed E-state index contributed by atoms with van der Waals surface area (Å²) >= 11 is 0. The molecule has 0 fully saturated rings. The Kier molecular flexibility index (Phi) is 3.55. The summed E-state index contributed by atoms with van der Waals surface area (Å²) in [6.45, 7) is 2.02. The van der Waals surface area contributed by atoms with Gasteiger partial charge in [-0.2, -0.15) is 0 Å². The van der Waals surface area contributed by atoms with Crippen LogP contribution in [0.25, 0.3) is 11.0 Å². The first-order chi connectivity index (χ1) is 8.69. The lowest BCUT2D eigenvalue weighted by molar-refractivity contribution is 0.395. The van der Waals surface area contributed by atoms with Crippen LogP contribution in [0.1, 0.15) is 18.9 Å². The molecule has 4 nitrogen and oxygen atoms in total. The van der Waals surface area contributed by atoms with Gasteiger partial charge in [-0.15, -0.1) is 0 Å². The second-order valence-electron chi connectivity index (χ2n) is 4.05. The Morgan fingerprint density at radius 1 is 1.17 bits per heavy atom. The molecule has 2 aromatic rings. The molecule has 0 N–H and O–H groups in total. The number of methoxy groups -OCH3 is 2. The van der Waals surface area contributed by atoms with E-state index in [4.69, 9.17) is 13.9 Å². The van der Waals surface area contributed by atoms with Gasteiger partial charge in [0.05, 0.1) is 19.6 Å². The molecule has 0 saturated carbocycles. The third kappa shape index (κ3) is 2.18. The number of hydrogen-bond acceptors (Lipinski definition) is 4. The van der Waals surface area contributed by atoms with E-state index < -0.39 is 0 Å². The lowest BCUT2D eigenvalue weighted by atomic mass is 10.1. The van der Waals surface area contributed by atoms with Crippen LogP contribution in [-0.2, 0) is 6.42 Å². The number of ether oxygens (including phenoxy) is 2. The SMILES string of the molecule is CCCc1cc2c(OC)cc(OC)cc2oc1=O. The molecule has 1 heterocycles. The van der Waals surface area contributed by atoms with Crippen molar-refractivity contribution in [1.29, 1.82) is 0 Å². The van der Waals surface area contributed by atoms with Gasteiger partial charge in [0, 0.05) is 17.7 Å². The van der Waals surface area contributed by atoms with Crippen molar-refractivity contribution < 1.29 is 13.9 Å². The predicted octanol–water partition coefficient (Wildman–Crippen LogP) is 2.76. The van der Waals surface area contributed by atoms with Gasteiger partial charge in [0.2, 0.25) is 0 Å². The average Bonchev–Trinajstić information content (AvgIpc) is 2.38. The average molecular weight is 248 g/mol. The van der Waals surface area contributed by atoms with Gasteiger partial charge in [-0.25, -0.2) is 4.79 Å². The predicted molar refractivity (Wildman–Crippen MR) is 69.6 cm³/mol. The van der Waals surface area contributed by atoms with Crippen LogP contribution >= 0.6 is 0 Å². The molecule has 0 aliphatic rings. The lowest BCUT2D eigenvalue weighted by Crippen LogP contribution is -2.07. The molecule has 0 atom stereocenters. The molecule has 0 unspecified atom stereocenters. The lowest BCUT2D eigenvalue weighted by Gasteiger charge is -2.08. The van der Waals surface area contributed by atoms with Crippen molar-refractivity contribution in [2.24, 2.45) is 0 Å². The van der Waals surface area contributed by atoms with Crippen LogP contribution in [0.2, 0.25) is 0 Å². The van der Waals surface area contributed by atoms with E-state index in [0.717, 1.165) is 11.8 Å². The minimum absolute atomic E-state index is 0.292. The molecule has 18 heavy (non-hydrogen) atoms. The van der Waals surface area contributed by atoms with Crippen LogP contribution in [0.5, 0.6) is 11.5 Å². The molecule has 0 bridgehead atoms. The summed E-state index contributed by atoms with van der Waals surface area (Å²) < 4.78 is 15.8. The van der Waals surface area contributed by atoms with Gasteiger partial charge >= 0.3 is 5.63 Å². The second-order valence-corrected chi connectivity index (χ2v) is 4.05. The first kappa shape index (κ1) is 12.5. The molecule has 0 amide bonds. The van der Waals surface area contributed by atoms with Gasteiger partial charge < -0.3 is 13.9 Å². The normalized spacial score (nSPS) is 10.6. The molecule has 0 aliphatic heterocycles. The first-order valence-electron chi connectivity index (χ1n) is 5.88. The highest BCUT2D eigenvalue weighted by Crippen LogP contribution is 2.30. The molecule has 0 saturated heterocycles. The van der Waals surface area contributed by atoms with Gasteiger partial charge in [0.15, 0.2) is 0 Å². The maximum atomic E-state index is 11.8. The molecule has 0 aliphatic carbocycles. The fourth-order valence-electron chi connectivity index (χ4n) is 1.93. The Hall–Kier alpha value is -1.97. The van der Waals surface area contributed by atoms with Crippen molar-refractivity contribution in [2.75, 3.05) is 14.2 Å². The quantitative estimate of drug-likeness (QED) is 0.781. The zero-order valence-corrected chi connectivity index (χ0v) is 10.8. The van der Waals surface area contributed by atoms with Gasteiger partial charge in [0.25, 0.3) is 0 Å². The van der Waals surface area contributed by atoms with E-state index in [1.54, 1.807) is 26.4 Å². The van der Waals surface area contributed by atoms with E-state index >= 15 is 0 Å². The Morgan fingerprint density at radius 3 is 2.56 bits per heavy atom. The highest BCUT2D eigenvalue weighted by Gasteiger charge is 2.11. The molecule has 1 aromatic heterocycles. The van der Waals surface area contributed by atoms with Crippen molar-refractivity contribution in [3.63, 3.8) is 0 Å². The fourth-order valence-corrected chi connectivity index (χ4v) is 1.93. The van der Waals surface area contributed by atoms with Crippen molar-refractivity contribution in [3.8, 4) is 11.5 Å². The Balaban J connectivity index is 2.71. The van der Waals surface area contributed by atoms with E-state index in [-0.39, 0.29) is 5.63 Å². The fraction of sp³-hybridized carbons (Fsp3) is 0.357. The molecule has 2 rings (SSSR count). The van der Waals surface area contributed by atoms with Crippen LogP contribution < -0.4 is 15.1 Å². The number of benzene rings is 1. The van der Waals surface area contributed by atoms with Crippen molar-refractivity contribution in [3.05, 3.63) is 34.2 Å². The molecule has 1 aromatic carbocycles. The van der Waals surface area contributed by atoms with Crippen molar-refractivity contribution >= 4 is 11.0 Å². The maximum Gasteiger partial charge on any atom is 0.339 e. The number of aryl methyl sites for hydroxylation is 1. The number of hydrogen-bond donors (Lipinski definition) is 0. The Labute approximate surface area is 105 Å². The highest BCUT2D eigenvalue weighted by atomic mass is 16.5. The van der Waals surface area contributed by atoms with Gasteiger partial charge in [-0.1, -0.05) is 13.3 Å². The summed E-state index contributed by atoms with van der Waals surface area (Å²) in [4.78, 5) is 11.8. The summed E-state index contributed by atoms with van der Waals surface area (Å²) in [5, 5.41) is 0.793. The van der Waals surface area contributed by atoms with Gasteiger partial charge in [0.1, 0.15) is 17.1 Å². The molecule has 96 valence electrons. The molecule has 0 spiro atoms. The van der Waals surface area contributed by atoms with Crippen LogP contribution in [0, 0.1) is 0 Å². The van der Waals surface area contributed by atoms with Crippen LogP contribution in [-0.4, -0.2) is 14.2 Å². The van der Waals surface area contributed by atoms with Gasteiger partial charge in [-0.3, -0.25) is 0 Å². The zero-order chi connectivity index (χ0) is 13.1. The molecule has 4 heteroatoms. The van der Waals surface area contributed by atoms with Gasteiger partial charge in [-0.05, 0) is 12.5 Å². The number of rotatable bonds is 4. The third-order valence-electron chi connectivity index (χ3n) is 2.84. The van der Waals surface area contributed by atoms with Crippen LogP contribution in [0.15, 0.2) is 27.4 Å². The van der Waals surface area contributed by atoms with Crippen molar-refractivity contribution in [1.82, 2.24) is 0 Å². The zero-order valence-electron chi connectivity index (χ0n) is 10.8. The third-order valence-corrected chi connectivity index (χ3v) is 2.84. The van der Waals surface area contributed by atoms with E-state index in [1.807, 2.05) is 13.0 Å². The van der Waals surface area contributed by atoms with E-state index in [1.165, 1.54) is 0 Å². The standard InChI is InChI=1S/C14H16O4/c1-4-5-9-6-11-12(17-3)7-10(16-2)8-13(11)18-14(9)15/h6-8H,4-5H2,1-3H3. The summed E-state index contributed by atoms with van der Waals surface area (Å²) in [5.41, 5.74) is 0.865. The smallest absolute Gasteiger partial charge is 0.339 e. The summed E-state index contributed by atoms with van der Waals surface area (Å²) in [7, 11) is 3.14. The monoisotopic (exact) mass is 248 g/mol. The number of fused-ring (bicyclic) bond motifs is 1. The second kappa shape index (κ2) is 5.12. The maximum absolute atomic E-state index is 11.8. The summed E-state index contributed by atoms with van der Waals surface area (Å²) in [5.74, 6) is 1.25. The highest BCUT2D eigenvalue weighted by molar-refractivity contribution is 5.85. The van der Waals surface area contributed by atoms with E-state index in [0.29, 0.717) is 29.1 Å². The van der Waals surface area contributed by atoms with Crippen molar-refractivity contribution in [2.45, 2.75) is 19.8 Å². The molecular formula is C14H16O4. The Morgan fingerprint density at radius 2 is 1.94 bits per heavy atom. The first-order valence-corrected chi connectivity index (χ1v) is 5.88. The Bertz CT molecular complexity index is 613. The van der Waals surface area contributed by atoms with Crippen LogP contribution in [0.4, 0.5) is 0 Å². The largest absolute Gasteiger partial charge is 0.496 e. The molecule has 0 radical (unpaired) electrons. The van der Waals surface area contributed by atoms with E-state index in [2.05, 4.69) is 0 Å². The summed E-state index contributed by atoms with van der Waals surface area (Å²) in [6, 6.07) is 5.30. The van der Waals surface area contributed by atoms with Crippen LogP contribution in [0.3, 0.4) is 0 Å². The minimum Gasteiger partial charge on any atom is -0.496 e. The summed E-state index contributed by atoms with van der Waals surface area (Å²) in [6.07, 6.45) is 1.60. The molecular weight excluding hydrogens is 232 g/mol.